The molecule has 6 nitrogen and oxygen atoms in total. The molecule has 1 unspecified atom stereocenters. The Morgan fingerprint density at radius 2 is 2.16 bits per heavy atom. The highest BCUT2D eigenvalue weighted by Crippen LogP contribution is 2.23. The number of aryl methyl sites for hydroxylation is 1. The Morgan fingerprint density at radius 1 is 1.47 bits per heavy atom. The number of aliphatic carboxylic acids is 1. The number of ether oxygens (including phenoxy) is 1. The molecule has 0 saturated heterocycles. The first-order chi connectivity index (χ1) is 8.93. The average molecular weight is 331 g/mol. The molecule has 3 N–H and O–H groups in total. The quantitative estimate of drug-likeness (QED) is 0.770. The first-order valence-electron chi connectivity index (χ1n) is 5.50. The number of amides is 2. The molecule has 0 aliphatic rings. The molecule has 0 fully saturated rings. The maximum Gasteiger partial charge on any atom is 0.334 e. The van der Waals surface area contributed by atoms with Crippen LogP contribution in [0.1, 0.15) is 5.56 Å². The van der Waals surface area contributed by atoms with Crippen LogP contribution in [0.4, 0.5) is 10.5 Å². The van der Waals surface area contributed by atoms with E-state index in [-0.39, 0.29) is 6.54 Å². The molecule has 0 radical (unpaired) electrons. The number of carboxylic acid groups (broad SMARTS) is 1. The van der Waals surface area contributed by atoms with E-state index >= 15 is 0 Å². The first-order valence-corrected chi connectivity index (χ1v) is 6.30. The van der Waals surface area contributed by atoms with Gasteiger partial charge in [-0.25, -0.2) is 9.59 Å². The molecule has 0 aromatic heterocycles. The highest BCUT2D eigenvalue weighted by molar-refractivity contribution is 9.10. The summed E-state index contributed by atoms with van der Waals surface area (Å²) in [6.07, 6.45) is -1.06. The van der Waals surface area contributed by atoms with Crippen LogP contribution in [0.15, 0.2) is 22.7 Å². The maximum atomic E-state index is 11.6. The van der Waals surface area contributed by atoms with Gasteiger partial charge < -0.3 is 20.5 Å². The minimum atomic E-state index is -1.13. The van der Waals surface area contributed by atoms with Gasteiger partial charge >= 0.3 is 12.0 Å². The molecule has 0 bridgehead atoms. The van der Waals surface area contributed by atoms with E-state index in [2.05, 4.69) is 26.6 Å². The monoisotopic (exact) mass is 330 g/mol. The molecule has 7 heteroatoms. The summed E-state index contributed by atoms with van der Waals surface area (Å²) in [6.45, 7) is 1.83. The predicted octanol–water partition coefficient (Wildman–Crippen LogP) is 1.98. The van der Waals surface area contributed by atoms with Crippen LogP contribution in [0, 0.1) is 6.92 Å². The number of nitrogens with one attached hydrogen (secondary N) is 2. The second-order valence-electron chi connectivity index (χ2n) is 3.88. The minimum absolute atomic E-state index is 0.110. The molecule has 1 aromatic carbocycles. The number of methoxy groups -OCH3 is 1. The van der Waals surface area contributed by atoms with Gasteiger partial charge in [-0.3, -0.25) is 0 Å². The van der Waals surface area contributed by atoms with Crippen LogP contribution >= 0.6 is 15.9 Å². The molecular formula is C12H15BrN2O4. The van der Waals surface area contributed by atoms with Crippen LogP contribution in [-0.4, -0.2) is 36.9 Å². The zero-order valence-electron chi connectivity index (χ0n) is 10.6. The van der Waals surface area contributed by atoms with Crippen molar-refractivity contribution in [2.24, 2.45) is 0 Å². The van der Waals surface area contributed by atoms with Gasteiger partial charge in [0.1, 0.15) is 0 Å². The Hall–Kier alpha value is -1.60. The van der Waals surface area contributed by atoms with Crippen molar-refractivity contribution in [2.75, 3.05) is 19.0 Å². The Balaban J connectivity index is 2.53. The van der Waals surface area contributed by atoms with Crippen molar-refractivity contribution >= 4 is 33.6 Å². The van der Waals surface area contributed by atoms with E-state index in [1.54, 1.807) is 6.07 Å². The van der Waals surface area contributed by atoms with Gasteiger partial charge in [-0.05, 0) is 40.5 Å². The zero-order chi connectivity index (χ0) is 14.4. The van der Waals surface area contributed by atoms with Crippen LogP contribution in [0.25, 0.3) is 0 Å². The van der Waals surface area contributed by atoms with Crippen molar-refractivity contribution in [3.63, 3.8) is 0 Å². The van der Waals surface area contributed by atoms with Crippen molar-refractivity contribution in [1.29, 1.82) is 0 Å². The van der Waals surface area contributed by atoms with Gasteiger partial charge in [0.2, 0.25) is 0 Å². The summed E-state index contributed by atoms with van der Waals surface area (Å²) in [6, 6.07) is 4.98. The third-order valence-electron chi connectivity index (χ3n) is 2.38. The summed E-state index contributed by atoms with van der Waals surface area (Å²) in [5, 5.41) is 13.8. The molecule has 19 heavy (non-hydrogen) atoms. The Kier molecular flexibility index (Phi) is 5.78. The lowest BCUT2D eigenvalue weighted by Gasteiger charge is -2.13. The topological polar surface area (TPSA) is 87.7 Å². The fourth-order valence-electron chi connectivity index (χ4n) is 1.34. The number of benzene rings is 1. The minimum Gasteiger partial charge on any atom is -0.479 e. The number of carbonyl (C=O) groups is 2. The second kappa shape index (κ2) is 7.10. The summed E-state index contributed by atoms with van der Waals surface area (Å²) in [5.74, 6) is -1.13. The number of hydrogen-bond donors (Lipinski definition) is 3. The summed E-state index contributed by atoms with van der Waals surface area (Å²) >= 11 is 3.33. The van der Waals surface area contributed by atoms with E-state index in [4.69, 9.17) is 9.84 Å². The highest BCUT2D eigenvalue weighted by atomic mass is 79.9. The van der Waals surface area contributed by atoms with Crippen molar-refractivity contribution in [1.82, 2.24) is 5.32 Å². The van der Waals surface area contributed by atoms with Crippen molar-refractivity contribution in [3.05, 3.63) is 28.2 Å². The number of rotatable bonds is 5. The number of hydrogen-bond acceptors (Lipinski definition) is 3. The molecule has 1 atom stereocenters. The molecule has 1 aromatic rings. The van der Waals surface area contributed by atoms with E-state index in [0.717, 1.165) is 10.0 Å². The average Bonchev–Trinajstić information content (AvgIpc) is 2.33. The molecule has 104 valence electrons. The smallest absolute Gasteiger partial charge is 0.334 e. The Labute approximate surface area is 119 Å². The van der Waals surface area contributed by atoms with Crippen LogP contribution in [0.2, 0.25) is 0 Å². The standard InChI is InChI=1S/C12H15BrN2O4/c1-7-3-4-9(8(13)5-7)15-12(18)14-6-10(19-2)11(16)17/h3-5,10H,6H2,1-2H3,(H,16,17)(H2,14,15,18). The highest BCUT2D eigenvalue weighted by Gasteiger charge is 2.17. The van der Waals surface area contributed by atoms with Crippen LogP contribution in [0.5, 0.6) is 0 Å². The molecule has 0 aliphatic heterocycles. The van der Waals surface area contributed by atoms with Gasteiger partial charge in [-0.2, -0.15) is 0 Å². The lowest BCUT2D eigenvalue weighted by Crippen LogP contribution is -2.39. The van der Waals surface area contributed by atoms with Gasteiger partial charge in [0.15, 0.2) is 6.10 Å². The van der Waals surface area contributed by atoms with Crippen LogP contribution in [0.3, 0.4) is 0 Å². The largest absolute Gasteiger partial charge is 0.479 e. The van der Waals surface area contributed by atoms with E-state index < -0.39 is 18.1 Å². The van der Waals surface area contributed by atoms with Crippen LogP contribution in [-0.2, 0) is 9.53 Å². The molecule has 0 spiro atoms. The van der Waals surface area contributed by atoms with Gasteiger partial charge in [-0.1, -0.05) is 6.07 Å². The predicted molar refractivity (Wildman–Crippen MR) is 74.3 cm³/mol. The summed E-state index contributed by atoms with van der Waals surface area (Å²) in [5.41, 5.74) is 1.66. The normalized spacial score (nSPS) is 11.7. The van der Waals surface area contributed by atoms with Crippen molar-refractivity contribution in [3.8, 4) is 0 Å². The van der Waals surface area contributed by atoms with E-state index in [9.17, 15) is 9.59 Å². The number of urea groups is 1. The van der Waals surface area contributed by atoms with Crippen molar-refractivity contribution in [2.45, 2.75) is 13.0 Å². The van der Waals surface area contributed by atoms with Crippen LogP contribution < -0.4 is 10.6 Å². The first kappa shape index (κ1) is 15.5. The summed E-state index contributed by atoms with van der Waals surface area (Å²) in [7, 11) is 1.27. The number of halogens is 1. The van der Waals surface area contributed by atoms with Gasteiger partial charge in [0.25, 0.3) is 0 Å². The van der Waals surface area contributed by atoms with Gasteiger partial charge in [-0.15, -0.1) is 0 Å². The third-order valence-corrected chi connectivity index (χ3v) is 3.04. The number of anilines is 1. The Bertz CT molecular complexity index is 479. The SMILES string of the molecule is COC(CNC(=O)Nc1ccc(C)cc1Br)C(=O)O. The Morgan fingerprint density at radius 3 is 2.68 bits per heavy atom. The third kappa shape index (κ3) is 4.88. The van der Waals surface area contributed by atoms with E-state index in [1.807, 2.05) is 19.1 Å². The fourth-order valence-corrected chi connectivity index (χ4v) is 1.94. The molecular weight excluding hydrogens is 316 g/mol. The summed E-state index contributed by atoms with van der Waals surface area (Å²) < 4.78 is 5.45. The maximum absolute atomic E-state index is 11.6. The summed E-state index contributed by atoms with van der Waals surface area (Å²) in [4.78, 5) is 22.3. The zero-order valence-corrected chi connectivity index (χ0v) is 12.2. The molecule has 1 rings (SSSR count). The molecule has 0 aliphatic carbocycles. The lowest BCUT2D eigenvalue weighted by atomic mass is 10.2. The fraction of sp³-hybridized carbons (Fsp3) is 0.333. The number of carbonyl (C=O) groups excluding carboxylic acids is 1. The van der Waals surface area contributed by atoms with Crippen molar-refractivity contribution < 1.29 is 19.4 Å². The molecule has 0 saturated carbocycles. The molecule has 2 amide bonds. The molecule has 0 heterocycles. The lowest BCUT2D eigenvalue weighted by molar-refractivity contribution is -0.147. The second-order valence-corrected chi connectivity index (χ2v) is 4.74. The number of carboxylic acids is 1. The van der Waals surface area contributed by atoms with E-state index in [1.165, 1.54) is 7.11 Å². The van der Waals surface area contributed by atoms with Gasteiger partial charge in [0.05, 0.1) is 12.2 Å². The van der Waals surface area contributed by atoms with Gasteiger partial charge in [0, 0.05) is 11.6 Å². The van der Waals surface area contributed by atoms with E-state index in [0.29, 0.717) is 5.69 Å².